The fourth-order valence-corrected chi connectivity index (χ4v) is 15.4. The Hall–Kier alpha value is -6.11. The van der Waals surface area contributed by atoms with E-state index in [4.69, 9.17) is 37.3 Å². The highest BCUT2D eigenvalue weighted by atomic mass is 28.4. The number of hydrogen-bond acceptors (Lipinski definition) is 11. The zero-order valence-electron chi connectivity index (χ0n) is 37.8. The average Bonchev–Trinajstić information content (AvgIpc) is 3.77. The molecule has 8 rings (SSSR count). The number of methoxy groups -OCH3 is 1. The Morgan fingerprint density at radius 2 is 1.39 bits per heavy atom. The van der Waals surface area contributed by atoms with Gasteiger partial charge in [0.05, 0.1) is 19.3 Å². The van der Waals surface area contributed by atoms with Crippen molar-refractivity contribution in [2.24, 2.45) is 0 Å². The van der Waals surface area contributed by atoms with Crippen LogP contribution in [0.3, 0.4) is 0 Å². The SMILES string of the molecule is CCCC1Cc2cc(CO[Si](C(C)C)(C(C)C)C(C)C)c(-c3c(C=O)c(OC)c4oc5ccc6c(c5c(=O)c4c3OCc3ccccc3)OCO6)c(OCc3ccccc3)c2C(=O)O1. The van der Waals surface area contributed by atoms with E-state index in [9.17, 15) is 9.59 Å². The van der Waals surface area contributed by atoms with E-state index < -0.39 is 19.7 Å². The van der Waals surface area contributed by atoms with E-state index in [1.165, 1.54) is 7.11 Å². The lowest BCUT2D eigenvalue weighted by atomic mass is 9.85. The molecule has 0 bridgehead atoms. The van der Waals surface area contributed by atoms with Crippen LogP contribution in [0.2, 0.25) is 16.6 Å². The maximum absolute atomic E-state index is 15.3. The van der Waals surface area contributed by atoms with Crippen molar-refractivity contribution < 1.29 is 46.9 Å². The summed E-state index contributed by atoms with van der Waals surface area (Å²) < 4.78 is 51.5. The Morgan fingerprint density at radius 1 is 0.750 bits per heavy atom. The number of carbonyl (C=O) groups is 2. The van der Waals surface area contributed by atoms with Gasteiger partial charge >= 0.3 is 5.97 Å². The number of fused-ring (bicyclic) bond motifs is 5. The summed E-state index contributed by atoms with van der Waals surface area (Å²) in [6.07, 6.45) is 2.28. The Labute approximate surface area is 374 Å². The second-order valence-corrected chi connectivity index (χ2v) is 23.0. The number of aldehydes is 1. The number of ether oxygens (including phenoxy) is 6. The van der Waals surface area contributed by atoms with E-state index in [0.29, 0.717) is 36.0 Å². The maximum Gasteiger partial charge on any atom is 0.342 e. The topological polar surface area (TPSA) is 129 Å². The molecule has 334 valence electrons. The third kappa shape index (κ3) is 7.91. The molecule has 0 N–H and O–H groups in total. The van der Waals surface area contributed by atoms with Gasteiger partial charge in [0.15, 0.2) is 29.1 Å². The molecule has 0 fully saturated rings. The Morgan fingerprint density at radius 3 is 1.98 bits per heavy atom. The van der Waals surface area contributed by atoms with Gasteiger partial charge in [-0.05, 0) is 57.4 Å². The third-order valence-electron chi connectivity index (χ3n) is 12.8. The maximum atomic E-state index is 15.3. The molecule has 1 aromatic heterocycles. The monoisotopic (exact) mass is 884 g/mol. The number of esters is 1. The van der Waals surface area contributed by atoms with Crippen LogP contribution >= 0.6 is 0 Å². The average molecular weight is 885 g/mol. The van der Waals surface area contributed by atoms with Crippen LogP contribution in [-0.2, 0) is 35.4 Å². The summed E-state index contributed by atoms with van der Waals surface area (Å²) in [4.78, 5) is 43.8. The second-order valence-electron chi connectivity index (χ2n) is 17.5. The van der Waals surface area contributed by atoms with Crippen LogP contribution in [0.4, 0.5) is 0 Å². The highest BCUT2D eigenvalue weighted by molar-refractivity contribution is 6.77. The van der Waals surface area contributed by atoms with E-state index in [1.54, 1.807) is 12.1 Å². The molecular weight excluding hydrogens is 829 g/mol. The molecule has 0 radical (unpaired) electrons. The molecule has 5 aromatic carbocycles. The number of benzene rings is 5. The van der Waals surface area contributed by atoms with E-state index in [0.717, 1.165) is 23.1 Å². The van der Waals surface area contributed by atoms with Gasteiger partial charge in [0.25, 0.3) is 0 Å². The quantitative estimate of drug-likeness (QED) is 0.0376. The van der Waals surface area contributed by atoms with Crippen molar-refractivity contribution in [3.05, 3.63) is 122 Å². The van der Waals surface area contributed by atoms with Crippen LogP contribution < -0.4 is 29.1 Å². The summed E-state index contributed by atoms with van der Waals surface area (Å²) in [5, 5.41) is 0.143. The summed E-state index contributed by atoms with van der Waals surface area (Å²) in [7, 11) is -1.13. The molecule has 64 heavy (non-hydrogen) atoms. The number of hydrogen-bond donors (Lipinski definition) is 0. The Bertz CT molecular complexity index is 2740. The highest BCUT2D eigenvalue weighted by Crippen LogP contribution is 2.53. The van der Waals surface area contributed by atoms with E-state index in [2.05, 4.69) is 48.5 Å². The minimum absolute atomic E-state index is 0.000652. The van der Waals surface area contributed by atoms with Crippen molar-refractivity contribution in [3.63, 3.8) is 0 Å². The molecule has 2 aliphatic rings. The molecule has 6 aromatic rings. The summed E-state index contributed by atoms with van der Waals surface area (Å²) in [5.41, 5.74) is 4.29. The van der Waals surface area contributed by atoms with Gasteiger partial charge in [0, 0.05) is 17.5 Å². The smallest absolute Gasteiger partial charge is 0.342 e. The normalized spacial score (nSPS) is 14.7. The van der Waals surface area contributed by atoms with Crippen molar-refractivity contribution in [2.45, 2.75) is 110 Å². The van der Waals surface area contributed by atoms with Gasteiger partial charge in [0.2, 0.25) is 20.5 Å². The van der Waals surface area contributed by atoms with Crippen molar-refractivity contribution in [1.29, 1.82) is 0 Å². The zero-order chi connectivity index (χ0) is 45.3. The van der Waals surface area contributed by atoms with E-state index in [-0.39, 0.29) is 111 Å². The Balaban J connectivity index is 1.52. The molecule has 0 saturated heterocycles. The first-order valence-electron chi connectivity index (χ1n) is 22.2. The second kappa shape index (κ2) is 18.5. The lowest BCUT2D eigenvalue weighted by Crippen LogP contribution is -2.47. The van der Waals surface area contributed by atoms with Crippen LogP contribution in [0, 0.1) is 0 Å². The molecule has 1 unspecified atom stereocenters. The van der Waals surface area contributed by atoms with E-state index >= 15 is 4.79 Å². The van der Waals surface area contributed by atoms with Crippen molar-refractivity contribution in [1.82, 2.24) is 0 Å². The third-order valence-corrected chi connectivity index (χ3v) is 18.8. The molecule has 3 heterocycles. The minimum Gasteiger partial charge on any atom is -0.492 e. The first kappa shape index (κ1) is 44.5. The summed E-state index contributed by atoms with van der Waals surface area (Å²) >= 11 is 0. The molecule has 2 aliphatic heterocycles. The van der Waals surface area contributed by atoms with Crippen LogP contribution in [0.1, 0.15) is 104 Å². The van der Waals surface area contributed by atoms with Crippen molar-refractivity contribution >= 4 is 42.5 Å². The summed E-state index contributed by atoms with van der Waals surface area (Å²) in [5.74, 6) is 0.302. The lowest BCUT2D eigenvalue weighted by Gasteiger charge is -2.42. The largest absolute Gasteiger partial charge is 0.492 e. The first-order chi connectivity index (χ1) is 30.9. The first-order valence-corrected chi connectivity index (χ1v) is 24.3. The molecule has 1 atom stereocenters. The fourth-order valence-electron chi connectivity index (χ4n) is 10.0. The van der Waals surface area contributed by atoms with Gasteiger partial charge < -0.3 is 37.3 Å². The fraction of sp³-hybridized carbons (Fsp3) is 0.365. The molecule has 0 spiro atoms. The van der Waals surface area contributed by atoms with Gasteiger partial charge in [-0.15, -0.1) is 0 Å². The molecule has 0 saturated carbocycles. The van der Waals surface area contributed by atoms with Crippen LogP contribution in [-0.4, -0.2) is 40.6 Å². The van der Waals surface area contributed by atoms with Gasteiger partial charge in [0.1, 0.15) is 52.7 Å². The summed E-state index contributed by atoms with van der Waals surface area (Å²) in [6.45, 7) is 15.5. The van der Waals surface area contributed by atoms with Crippen LogP contribution in [0.5, 0.6) is 28.7 Å². The standard InChI is InChI=1S/C52H56O11Si/c1-9-16-37-24-35-23-36(28-61-64(30(2)3,31(4)5)32(6)7)41(49(42(35)52(55)62-37)57-26-33-17-12-10-13-18-33)43-38(25-53)47(56-8)51-45(50(43)58-27-34-19-14-11-15-20-34)46(54)44-39(63-51)21-22-40-48(44)60-29-59-40/h10-15,17-23,25,30-32,37H,9,16,24,26-29H2,1-8H3. The zero-order valence-corrected chi connectivity index (χ0v) is 38.8. The van der Waals surface area contributed by atoms with Crippen LogP contribution in [0.15, 0.2) is 88.1 Å². The molecule has 11 nitrogen and oxygen atoms in total. The van der Waals surface area contributed by atoms with Crippen molar-refractivity contribution in [3.8, 4) is 39.9 Å². The molecular formula is C52H56O11Si. The van der Waals surface area contributed by atoms with Crippen LogP contribution in [0.25, 0.3) is 33.1 Å². The Kier molecular flexibility index (Phi) is 12.9. The lowest BCUT2D eigenvalue weighted by molar-refractivity contribution is 0.0230. The number of cyclic esters (lactones) is 1. The van der Waals surface area contributed by atoms with E-state index in [1.807, 2.05) is 66.7 Å². The predicted molar refractivity (Wildman–Crippen MR) is 249 cm³/mol. The number of rotatable bonds is 17. The minimum atomic E-state index is -2.55. The number of carbonyl (C=O) groups excluding carboxylic acids is 2. The molecule has 0 amide bonds. The van der Waals surface area contributed by atoms with Gasteiger partial charge in [-0.25, -0.2) is 4.79 Å². The predicted octanol–water partition coefficient (Wildman–Crippen LogP) is 11.9. The molecule has 12 heteroatoms. The molecule has 0 aliphatic carbocycles. The van der Waals surface area contributed by atoms with Gasteiger partial charge in [-0.2, -0.15) is 0 Å². The van der Waals surface area contributed by atoms with Gasteiger partial charge in [-0.3, -0.25) is 9.59 Å². The summed E-state index contributed by atoms with van der Waals surface area (Å²) in [6, 6.07) is 24.4. The van der Waals surface area contributed by atoms with Crippen molar-refractivity contribution in [2.75, 3.05) is 13.9 Å². The highest BCUT2D eigenvalue weighted by Gasteiger charge is 2.46. The van der Waals surface area contributed by atoms with Gasteiger partial charge in [-0.1, -0.05) is 122 Å².